The van der Waals surface area contributed by atoms with Gasteiger partial charge in [-0.15, -0.1) is 11.8 Å². The molecule has 0 saturated carbocycles. The van der Waals surface area contributed by atoms with Crippen LogP contribution >= 0.6 is 23.5 Å². The van der Waals surface area contributed by atoms with Gasteiger partial charge in [0.1, 0.15) is 23.2 Å². The summed E-state index contributed by atoms with van der Waals surface area (Å²) in [6, 6.07) is 19.3. The molecule has 0 bridgehead atoms. The number of hydrogen-bond acceptors (Lipinski definition) is 8. The van der Waals surface area contributed by atoms with E-state index in [0.29, 0.717) is 40.4 Å². The van der Waals surface area contributed by atoms with Crippen LogP contribution in [0.5, 0.6) is 5.75 Å². The van der Waals surface area contributed by atoms with Crippen LogP contribution in [0.15, 0.2) is 82.6 Å². The fourth-order valence-electron chi connectivity index (χ4n) is 5.79. The quantitative estimate of drug-likeness (QED) is 0.0969. The van der Waals surface area contributed by atoms with Crippen LogP contribution in [0.3, 0.4) is 0 Å². The van der Waals surface area contributed by atoms with Crippen molar-refractivity contribution in [1.82, 2.24) is 10.6 Å². The predicted octanol–water partition coefficient (Wildman–Crippen LogP) is 7.29. The van der Waals surface area contributed by atoms with Gasteiger partial charge in [0.25, 0.3) is 0 Å². The van der Waals surface area contributed by atoms with Crippen molar-refractivity contribution in [3.8, 4) is 5.75 Å². The molecule has 0 fully saturated rings. The highest BCUT2D eigenvalue weighted by molar-refractivity contribution is 8.14. The minimum atomic E-state index is -1.20. The fraction of sp³-hybridized carbons (Fsp3) is 0.395. The highest BCUT2D eigenvalue weighted by Crippen LogP contribution is 2.51. The van der Waals surface area contributed by atoms with Crippen LogP contribution in [0.4, 0.5) is 11.4 Å². The number of carbonyl (C=O) groups is 5. The average Bonchev–Trinajstić information content (AvgIpc) is 3.20. The number of fused-ring (bicyclic) bond motifs is 1. The van der Waals surface area contributed by atoms with Gasteiger partial charge < -0.3 is 20.5 Å². The Hall–Kier alpha value is -4.29. The maximum absolute atomic E-state index is 14.7. The molecule has 3 amide bonds. The molecule has 2 atom stereocenters. The maximum atomic E-state index is 14.7. The predicted molar refractivity (Wildman–Crippen MR) is 197 cm³/mol. The maximum Gasteiger partial charge on any atom is 0.325 e. The van der Waals surface area contributed by atoms with E-state index in [9.17, 15) is 29.1 Å². The first-order valence-corrected chi connectivity index (χ1v) is 18.9. The van der Waals surface area contributed by atoms with Crippen LogP contribution in [0.2, 0.25) is 0 Å². The summed E-state index contributed by atoms with van der Waals surface area (Å²) in [5.41, 5.74) is 0.615. The van der Waals surface area contributed by atoms with Gasteiger partial charge in [-0.25, -0.2) is 0 Å². The molecule has 3 aromatic carbocycles. The van der Waals surface area contributed by atoms with Crippen LogP contribution in [-0.4, -0.2) is 52.8 Å². The second-order valence-electron chi connectivity index (χ2n) is 12.2. The van der Waals surface area contributed by atoms with Crippen LogP contribution in [0.25, 0.3) is 0 Å². The number of amides is 3. The Bertz CT molecular complexity index is 1660. The monoisotopic (exact) mass is 719 g/mol. The summed E-state index contributed by atoms with van der Waals surface area (Å²) in [6.07, 6.45) is 5.94. The fourth-order valence-corrected chi connectivity index (χ4v) is 7.45. The summed E-state index contributed by atoms with van der Waals surface area (Å²) in [4.78, 5) is 69.3. The van der Waals surface area contributed by atoms with Gasteiger partial charge in [-0.05, 0) is 67.6 Å². The zero-order valence-electron chi connectivity index (χ0n) is 28.9. The van der Waals surface area contributed by atoms with Gasteiger partial charge in [0.2, 0.25) is 22.8 Å². The lowest BCUT2D eigenvalue weighted by atomic mass is 9.77. The number of carbonyl (C=O) groups excluding carboxylic acids is 4. The lowest BCUT2D eigenvalue weighted by molar-refractivity contribution is -0.141. The molecule has 0 saturated heterocycles. The van der Waals surface area contributed by atoms with Gasteiger partial charge in [-0.3, -0.25) is 28.9 Å². The van der Waals surface area contributed by atoms with Crippen molar-refractivity contribution in [1.29, 1.82) is 0 Å². The molecule has 12 heteroatoms. The average molecular weight is 720 g/mol. The highest BCUT2D eigenvalue weighted by Gasteiger charge is 2.50. The van der Waals surface area contributed by atoms with Crippen molar-refractivity contribution in [3.05, 3.63) is 78.4 Å². The van der Waals surface area contributed by atoms with Crippen molar-refractivity contribution in [2.24, 2.45) is 5.41 Å². The minimum absolute atomic E-state index is 0.0380. The number of aliphatic carboxylic acids is 1. The molecule has 10 nitrogen and oxygen atoms in total. The molecule has 0 radical (unpaired) electrons. The Morgan fingerprint density at radius 2 is 1.56 bits per heavy atom. The topological polar surface area (TPSA) is 142 Å². The number of carboxylic acids is 1. The second-order valence-corrected chi connectivity index (χ2v) is 14.1. The van der Waals surface area contributed by atoms with E-state index in [2.05, 4.69) is 24.5 Å². The molecular formula is C38H45N3O7S2. The largest absolute Gasteiger partial charge is 0.492 e. The summed E-state index contributed by atoms with van der Waals surface area (Å²) in [5.74, 6) is -2.07. The molecule has 4 rings (SSSR count). The molecule has 0 spiro atoms. The van der Waals surface area contributed by atoms with Gasteiger partial charge >= 0.3 is 5.97 Å². The molecule has 1 aliphatic rings. The van der Waals surface area contributed by atoms with E-state index in [1.54, 1.807) is 41.3 Å². The molecule has 3 N–H and O–H groups in total. The third kappa shape index (κ3) is 9.08. The summed E-state index contributed by atoms with van der Waals surface area (Å²) in [7, 11) is 0. The highest BCUT2D eigenvalue weighted by atomic mass is 32.2. The Balaban J connectivity index is 1.60. The number of para-hydroxylation sites is 1. The molecule has 266 valence electrons. The molecule has 50 heavy (non-hydrogen) atoms. The first-order chi connectivity index (χ1) is 24.1. The number of unbranched alkanes of at least 4 members (excludes halogenated alkanes) is 2. The van der Waals surface area contributed by atoms with E-state index >= 15 is 0 Å². The van der Waals surface area contributed by atoms with Crippen molar-refractivity contribution in [2.45, 2.75) is 87.6 Å². The van der Waals surface area contributed by atoms with Crippen molar-refractivity contribution < 1.29 is 33.8 Å². The normalized spacial score (nSPS) is 15.0. The number of nitrogens with one attached hydrogen (secondary N) is 2. The van der Waals surface area contributed by atoms with Gasteiger partial charge in [-0.2, -0.15) is 0 Å². The summed E-state index contributed by atoms with van der Waals surface area (Å²) >= 11 is 2.50. The van der Waals surface area contributed by atoms with E-state index in [4.69, 9.17) is 4.74 Å². The molecule has 1 aliphatic heterocycles. The number of nitrogens with zero attached hydrogens (tertiary/aromatic N) is 1. The molecular weight excluding hydrogens is 675 g/mol. The number of hydrogen-bond donors (Lipinski definition) is 3. The smallest absolute Gasteiger partial charge is 0.325 e. The number of rotatable bonds is 17. The number of ether oxygens (including phenoxy) is 1. The minimum Gasteiger partial charge on any atom is -0.492 e. The molecule has 0 aliphatic carbocycles. The van der Waals surface area contributed by atoms with Crippen LogP contribution in [0, 0.1) is 5.41 Å². The zero-order chi connectivity index (χ0) is 36.3. The van der Waals surface area contributed by atoms with Gasteiger partial charge in [0, 0.05) is 10.6 Å². The summed E-state index contributed by atoms with van der Waals surface area (Å²) < 4.78 is 6.15. The molecule has 0 unspecified atom stereocenters. The van der Waals surface area contributed by atoms with Crippen LogP contribution < -0.4 is 20.3 Å². The number of benzene rings is 3. The van der Waals surface area contributed by atoms with Crippen LogP contribution in [-0.2, 0) is 24.0 Å². The van der Waals surface area contributed by atoms with E-state index in [0.717, 1.165) is 42.3 Å². The zero-order valence-corrected chi connectivity index (χ0v) is 30.5. The third-order valence-corrected chi connectivity index (χ3v) is 10.5. The first kappa shape index (κ1) is 38.5. The molecule has 1 heterocycles. The first-order valence-electron chi connectivity index (χ1n) is 16.9. The Kier molecular flexibility index (Phi) is 13.9. The van der Waals surface area contributed by atoms with E-state index in [1.807, 2.05) is 42.7 Å². The number of anilines is 2. The van der Waals surface area contributed by atoms with Crippen molar-refractivity contribution in [3.63, 3.8) is 0 Å². The van der Waals surface area contributed by atoms with E-state index in [1.165, 1.54) is 18.7 Å². The Morgan fingerprint density at radius 3 is 2.14 bits per heavy atom. The molecule has 0 aromatic heterocycles. The van der Waals surface area contributed by atoms with E-state index < -0.39 is 35.3 Å². The second kappa shape index (κ2) is 18.1. The third-order valence-electron chi connectivity index (χ3n) is 8.64. The lowest BCUT2D eigenvalue weighted by Gasteiger charge is -2.34. The van der Waals surface area contributed by atoms with Gasteiger partial charge in [0.05, 0.1) is 23.6 Å². The molecule has 3 aromatic rings. The van der Waals surface area contributed by atoms with E-state index in [-0.39, 0.29) is 24.1 Å². The number of carboxylic acid groups (broad SMARTS) is 1. The number of thioether (sulfide) groups is 2. The summed E-state index contributed by atoms with van der Waals surface area (Å²) in [5, 5.41) is 14.2. The lowest BCUT2D eigenvalue weighted by Crippen LogP contribution is -2.46. The standard InChI is InChI=1S/C38H45N3O7S2/c1-5-7-20-38(21-8-6-2)36(46)41(27-17-13-10-14-18-27)28-23-31(49-4)29(24-30(28)50-37(38)47)48-22-19-32(42)40-33(26-15-11-9-12-16-26)34(43)39-25(3)35(44)45/h9-18,23-25,33H,5-8,19-22H2,1-4H3,(H,39,43)(H,40,42)(H,44,45)/t25-,33+/m0/s1. The van der Waals surface area contributed by atoms with Gasteiger partial charge in [0.15, 0.2) is 0 Å². The van der Waals surface area contributed by atoms with Crippen LogP contribution in [0.1, 0.15) is 77.3 Å². The SMILES string of the molecule is CCCCC1(CCCC)C(=O)Sc2cc(OCCC(=O)N[C@@H](C(=O)N[C@@H](C)C(=O)O)c3ccccc3)c(SC)cc2N(c2ccccc2)C1=O. The van der Waals surface area contributed by atoms with Crippen molar-refractivity contribution >= 4 is 63.7 Å². The Morgan fingerprint density at radius 1 is 0.940 bits per heavy atom. The Labute approximate surface area is 302 Å². The summed E-state index contributed by atoms with van der Waals surface area (Å²) in [6.45, 7) is 5.42. The van der Waals surface area contributed by atoms with Gasteiger partial charge in [-0.1, -0.05) is 88.1 Å². The van der Waals surface area contributed by atoms with Crippen molar-refractivity contribution in [2.75, 3.05) is 17.8 Å².